The molecule has 0 aliphatic heterocycles. The lowest BCUT2D eigenvalue weighted by atomic mass is 10.1. The zero-order valence-corrected chi connectivity index (χ0v) is 13.0. The van der Waals surface area contributed by atoms with Gasteiger partial charge >= 0.3 is 0 Å². The van der Waals surface area contributed by atoms with Gasteiger partial charge in [0, 0.05) is 19.5 Å². The maximum atomic E-state index is 5.85. The van der Waals surface area contributed by atoms with E-state index in [4.69, 9.17) is 4.74 Å². The van der Waals surface area contributed by atoms with Crippen LogP contribution in [0.5, 0.6) is 11.6 Å². The number of rotatable bonds is 7. The van der Waals surface area contributed by atoms with E-state index >= 15 is 0 Å². The lowest BCUT2D eigenvalue weighted by Crippen LogP contribution is -2.01. The zero-order chi connectivity index (χ0) is 15.1. The summed E-state index contributed by atoms with van der Waals surface area (Å²) in [7, 11) is 1.85. The fourth-order valence-corrected chi connectivity index (χ4v) is 2.12. The second-order valence-electron chi connectivity index (χ2n) is 5.00. The average molecular weight is 285 g/mol. The van der Waals surface area contributed by atoms with Gasteiger partial charge in [-0.15, -0.1) is 0 Å². The van der Waals surface area contributed by atoms with Crippen molar-refractivity contribution in [2.45, 2.75) is 39.5 Å². The van der Waals surface area contributed by atoms with Gasteiger partial charge in [0.05, 0.1) is 0 Å². The van der Waals surface area contributed by atoms with Gasteiger partial charge in [0.25, 0.3) is 0 Å². The Hall–Kier alpha value is -2.10. The Balaban J connectivity index is 2.15. The Morgan fingerprint density at radius 2 is 1.71 bits per heavy atom. The highest BCUT2D eigenvalue weighted by Gasteiger charge is 2.05. The Morgan fingerprint density at radius 1 is 1.00 bits per heavy atom. The van der Waals surface area contributed by atoms with Gasteiger partial charge in [-0.2, -0.15) is 4.98 Å². The van der Waals surface area contributed by atoms with E-state index in [2.05, 4.69) is 41.3 Å². The van der Waals surface area contributed by atoms with E-state index in [0.717, 1.165) is 43.1 Å². The number of benzene rings is 1. The van der Waals surface area contributed by atoms with Crippen LogP contribution >= 0.6 is 0 Å². The van der Waals surface area contributed by atoms with Gasteiger partial charge in [0.2, 0.25) is 5.88 Å². The first-order chi connectivity index (χ1) is 10.2. The molecule has 21 heavy (non-hydrogen) atoms. The van der Waals surface area contributed by atoms with Crippen LogP contribution in [0.25, 0.3) is 0 Å². The van der Waals surface area contributed by atoms with Crippen LogP contribution in [0, 0.1) is 0 Å². The molecule has 2 rings (SSSR count). The topological polar surface area (TPSA) is 47.0 Å². The van der Waals surface area contributed by atoms with Crippen molar-refractivity contribution in [2.75, 3.05) is 12.4 Å². The van der Waals surface area contributed by atoms with E-state index in [1.807, 2.05) is 25.2 Å². The molecule has 0 spiro atoms. The maximum Gasteiger partial charge on any atom is 0.224 e. The van der Waals surface area contributed by atoms with Crippen LogP contribution in [0.4, 0.5) is 5.82 Å². The zero-order valence-electron chi connectivity index (χ0n) is 13.0. The van der Waals surface area contributed by atoms with E-state index < -0.39 is 0 Å². The van der Waals surface area contributed by atoms with Crippen LogP contribution in [0.1, 0.15) is 38.1 Å². The van der Waals surface area contributed by atoms with Crippen molar-refractivity contribution in [3.8, 4) is 11.6 Å². The van der Waals surface area contributed by atoms with Crippen molar-refractivity contribution in [1.82, 2.24) is 9.97 Å². The number of anilines is 1. The van der Waals surface area contributed by atoms with E-state index in [0.29, 0.717) is 5.88 Å². The van der Waals surface area contributed by atoms with Crippen LogP contribution in [0.3, 0.4) is 0 Å². The normalized spacial score (nSPS) is 10.4. The molecule has 0 saturated carbocycles. The lowest BCUT2D eigenvalue weighted by molar-refractivity contribution is 0.458. The molecule has 4 nitrogen and oxygen atoms in total. The SMILES string of the molecule is CCCc1ccc(Oc2cc(NC)nc(CCC)n2)cc1. The minimum Gasteiger partial charge on any atom is -0.439 e. The van der Waals surface area contributed by atoms with Crippen molar-refractivity contribution < 1.29 is 4.74 Å². The molecule has 1 N–H and O–H groups in total. The van der Waals surface area contributed by atoms with Gasteiger partial charge in [-0.25, -0.2) is 4.98 Å². The summed E-state index contributed by atoms with van der Waals surface area (Å²) in [5, 5.41) is 3.05. The maximum absolute atomic E-state index is 5.85. The number of nitrogens with one attached hydrogen (secondary N) is 1. The molecular weight excluding hydrogens is 262 g/mol. The molecule has 0 radical (unpaired) electrons. The minimum atomic E-state index is 0.584. The van der Waals surface area contributed by atoms with Gasteiger partial charge in [0.15, 0.2) is 0 Å². The third-order valence-electron chi connectivity index (χ3n) is 3.16. The Kier molecular flexibility index (Phi) is 5.55. The van der Waals surface area contributed by atoms with Gasteiger partial charge < -0.3 is 10.1 Å². The highest BCUT2D eigenvalue weighted by atomic mass is 16.5. The molecular formula is C17H23N3O. The molecule has 2 aromatic rings. The van der Waals surface area contributed by atoms with Gasteiger partial charge in [-0.3, -0.25) is 0 Å². The standard InChI is InChI=1S/C17H23N3O/c1-4-6-13-8-10-14(11-9-13)21-17-12-16(18-3)19-15(20-17)7-5-2/h8-12H,4-7H2,1-3H3,(H,18,19,20). The van der Waals surface area contributed by atoms with Crippen molar-refractivity contribution in [3.05, 3.63) is 41.7 Å². The number of hydrogen-bond donors (Lipinski definition) is 1. The predicted octanol–water partition coefficient (Wildman–Crippen LogP) is 4.22. The molecule has 1 aromatic carbocycles. The first kappa shape index (κ1) is 15.3. The summed E-state index contributed by atoms with van der Waals surface area (Å²) in [6.45, 7) is 4.29. The summed E-state index contributed by atoms with van der Waals surface area (Å²) in [6.07, 6.45) is 4.11. The van der Waals surface area contributed by atoms with Crippen LogP contribution in [0.2, 0.25) is 0 Å². The lowest BCUT2D eigenvalue weighted by Gasteiger charge is -2.09. The van der Waals surface area contributed by atoms with Crippen molar-refractivity contribution >= 4 is 5.82 Å². The Labute approximate surface area is 126 Å². The minimum absolute atomic E-state index is 0.584. The molecule has 0 fully saturated rings. The molecule has 0 bridgehead atoms. The number of hydrogen-bond acceptors (Lipinski definition) is 4. The van der Waals surface area contributed by atoms with E-state index in [1.165, 1.54) is 5.56 Å². The third kappa shape index (κ3) is 4.45. The monoisotopic (exact) mass is 285 g/mol. The van der Waals surface area contributed by atoms with Crippen molar-refractivity contribution in [3.63, 3.8) is 0 Å². The van der Waals surface area contributed by atoms with Crippen LogP contribution < -0.4 is 10.1 Å². The third-order valence-corrected chi connectivity index (χ3v) is 3.16. The molecule has 1 heterocycles. The molecule has 0 aliphatic carbocycles. The predicted molar refractivity (Wildman–Crippen MR) is 86.1 cm³/mol. The summed E-state index contributed by atoms with van der Waals surface area (Å²) in [5.41, 5.74) is 1.33. The molecule has 0 aliphatic rings. The second-order valence-corrected chi connectivity index (χ2v) is 5.00. The first-order valence-electron chi connectivity index (χ1n) is 7.57. The highest BCUT2D eigenvalue weighted by molar-refractivity contribution is 5.39. The van der Waals surface area contributed by atoms with Crippen LogP contribution in [-0.4, -0.2) is 17.0 Å². The average Bonchev–Trinajstić information content (AvgIpc) is 2.49. The summed E-state index contributed by atoms with van der Waals surface area (Å²) < 4.78 is 5.85. The van der Waals surface area contributed by atoms with Gasteiger partial charge in [-0.05, 0) is 30.5 Å². The largest absolute Gasteiger partial charge is 0.439 e. The van der Waals surface area contributed by atoms with Crippen molar-refractivity contribution in [1.29, 1.82) is 0 Å². The summed E-state index contributed by atoms with van der Waals surface area (Å²) in [6, 6.07) is 10.0. The van der Waals surface area contributed by atoms with E-state index in [-0.39, 0.29) is 0 Å². The Morgan fingerprint density at radius 3 is 2.33 bits per heavy atom. The molecule has 1 aromatic heterocycles. The molecule has 4 heteroatoms. The van der Waals surface area contributed by atoms with Gasteiger partial charge in [-0.1, -0.05) is 32.4 Å². The molecule has 0 amide bonds. The molecule has 112 valence electrons. The smallest absolute Gasteiger partial charge is 0.224 e. The van der Waals surface area contributed by atoms with E-state index in [9.17, 15) is 0 Å². The van der Waals surface area contributed by atoms with Crippen LogP contribution in [0.15, 0.2) is 30.3 Å². The number of ether oxygens (including phenoxy) is 1. The first-order valence-corrected chi connectivity index (χ1v) is 7.57. The summed E-state index contributed by atoms with van der Waals surface area (Å²) in [4.78, 5) is 8.87. The molecule has 0 unspecified atom stereocenters. The summed E-state index contributed by atoms with van der Waals surface area (Å²) >= 11 is 0. The second kappa shape index (κ2) is 7.62. The fraction of sp³-hybridized carbons (Fsp3) is 0.412. The molecule has 0 atom stereocenters. The summed E-state index contributed by atoms with van der Waals surface area (Å²) in [5.74, 6) is 2.98. The molecule has 0 saturated heterocycles. The van der Waals surface area contributed by atoms with Crippen LogP contribution in [-0.2, 0) is 12.8 Å². The number of nitrogens with zero attached hydrogens (tertiary/aromatic N) is 2. The fourth-order valence-electron chi connectivity index (χ4n) is 2.12. The number of aromatic nitrogens is 2. The van der Waals surface area contributed by atoms with E-state index in [1.54, 1.807) is 0 Å². The number of aryl methyl sites for hydroxylation is 2. The van der Waals surface area contributed by atoms with Gasteiger partial charge in [0.1, 0.15) is 17.4 Å². The highest BCUT2D eigenvalue weighted by Crippen LogP contribution is 2.22. The van der Waals surface area contributed by atoms with Crippen molar-refractivity contribution in [2.24, 2.45) is 0 Å². The Bertz CT molecular complexity index is 567. The quantitative estimate of drug-likeness (QED) is 0.827.